The predicted octanol–water partition coefficient (Wildman–Crippen LogP) is 2.45. The number of anilines is 2. The smallest absolute Gasteiger partial charge is 0.263 e. The highest BCUT2D eigenvalue weighted by Gasteiger charge is 2.16. The highest BCUT2D eigenvalue weighted by molar-refractivity contribution is 7.93. The highest BCUT2D eigenvalue weighted by atomic mass is 32.2. The normalized spacial score (nSPS) is 10.9. The average molecular weight is 434 g/mol. The Morgan fingerprint density at radius 3 is 2.45 bits per heavy atom. The van der Waals surface area contributed by atoms with Gasteiger partial charge >= 0.3 is 0 Å². The zero-order chi connectivity index (χ0) is 20.9. The number of benzene rings is 2. The number of carbonyl (C=O) groups is 2. The quantitative estimate of drug-likeness (QED) is 0.528. The molecule has 29 heavy (non-hydrogen) atoms. The third-order valence-corrected chi connectivity index (χ3v) is 5.80. The summed E-state index contributed by atoms with van der Waals surface area (Å²) in [6, 6.07) is 10.9. The highest BCUT2D eigenvalue weighted by Crippen LogP contribution is 2.19. The summed E-state index contributed by atoms with van der Waals surface area (Å²) >= 11 is 1.15. The molecule has 0 aliphatic rings. The number of amides is 2. The monoisotopic (exact) mass is 434 g/mol. The zero-order valence-corrected chi connectivity index (χ0v) is 16.4. The van der Waals surface area contributed by atoms with Crippen LogP contribution in [0.1, 0.15) is 10.4 Å². The molecular formula is C18H15FN4O4S2. The molecule has 0 bridgehead atoms. The first kappa shape index (κ1) is 20.4. The van der Waals surface area contributed by atoms with E-state index in [1.807, 2.05) is 0 Å². The summed E-state index contributed by atoms with van der Waals surface area (Å²) in [4.78, 5) is 27.7. The van der Waals surface area contributed by atoms with E-state index in [1.54, 1.807) is 5.38 Å². The maximum atomic E-state index is 13.5. The van der Waals surface area contributed by atoms with Crippen molar-refractivity contribution in [3.05, 3.63) is 71.5 Å². The van der Waals surface area contributed by atoms with Gasteiger partial charge in [-0.05, 0) is 36.4 Å². The summed E-state index contributed by atoms with van der Waals surface area (Å²) < 4.78 is 40.4. The first-order valence-electron chi connectivity index (χ1n) is 8.20. The van der Waals surface area contributed by atoms with Crippen LogP contribution in [0.3, 0.4) is 0 Å². The van der Waals surface area contributed by atoms with Crippen LogP contribution in [0.2, 0.25) is 0 Å². The van der Waals surface area contributed by atoms with Crippen LogP contribution in [0.25, 0.3) is 0 Å². The number of halogens is 1. The van der Waals surface area contributed by atoms with E-state index in [4.69, 9.17) is 0 Å². The molecular weight excluding hydrogens is 419 g/mol. The van der Waals surface area contributed by atoms with Gasteiger partial charge in [0.2, 0.25) is 5.91 Å². The minimum Gasteiger partial charge on any atom is -0.343 e. The fraction of sp³-hybridized carbons (Fsp3) is 0.0556. The van der Waals surface area contributed by atoms with Crippen molar-refractivity contribution in [1.29, 1.82) is 0 Å². The van der Waals surface area contributed by atoms with Crippen molar-refractivity contribution in [2.45, 2.75) is 4.90 Å². The molecule has 150 valence electrons. The Bertz CT molecular complexity index is 1120. The van der Waals surface area contributed by atoms with Gasteiger partial charge in [0.1, 0.15) is 5.82 Å². The number of thiazole rings is 1. The minimum atomic E-state index is -3.79. The largest absolute Gasteiger partial charge is 0.343 e. The molecule has 0 saturated heterocycles. The van der Waals surface area contributed by atoms with E-state index in [9.17, 15) is 22.4 Å². The van der Waals surface area contributed by atoms with E-state index in [0.29, 0.717) is 5.69 Å². The van der Waals surface area contributed by atoms with Crippen LogP contribution in [-0.4, -0.2) is 31.8 Å². The van der Waals surface area contributed by atoms with Crippen LogP contribution >= 0.6 is 11.3 Å². The molecule has 3 rings (SSSR count). The van der Waals surface area contributed by atoms with Gasteiger partial charge in [-0.2, -0.15) is 0 Å². The third-order valence-electron chi connectivity index (χ3n) is 3.63. The molecule has 3 N–H and O–H groups in total. The Hall–Kier alpha value is -3.31. The topological polar surface area (TPSA) is 117 Å². The van der Waals surface area contributed by atoms with Gasteiger partial charge in [-0.25, -0.2) is 17.8 Å². The maximum absolute atomic E-state index is 13.5. The van der Waals surface area contributed by atoms with Crippen LogP contribution < -0.4 is 15.4 Å². The number of rotatable bonds is 7. The molecule has 1 aromatic heterocycles. The maximum Gasteiger partial charge on any atom is 0.263 e. The van der Waals surface area contributed by atoms with Crippen molar-refractivity contribution in [3.63, 3.8) is 0 Å². The molecule has 0 atom stereocenters. The number of hydrogen-bond donors (Lipinski definition) is 3. The molecule has 0 radical (unpaired) electrons. The molecule has 1 heterocycles. The lowest BCUT2D eigenvalue weighted by Gasteiger charge is -2.09. The zero-order valence-electron chi connectivity index (χ0n) is 14.8. The number of aromatic nitrogens is 1. The van der Waals surface area contributed by atoms with Crippen molar-refractivity contribution in [2.24, 2.45) is 0 Å². The van der Waals surface area contributed by atoms with Crippen molar-refractivity contribution in [2.75, 3.05) is 16.6 Å². The van der Waals surface area contributed by atoms with E-state index in [0.717, 1.165) is 17.4 Å². The minimum absolute atomic E-state index is 0.00134. The summed E-state index contributed by atoms with van der Waals surface area (Å²) in [6.45, 7) is -0.376. The molecule has 2 amide bonds. The van der Waals surface area contributed by atoms with Crippen molar-refractivity contribution < 1.29 is 22.4 Å². The lowest BCUT2D eigenvalue weighted by molar-refractivity contribution is -0.115. The Morgan fingerprint density at radius 1 is 1.07 bits per heavy atom. The summed E-state index contributed by atoms with van der Waals surface area (Å²) in [6.07, 6.45) is 1.48. The summed E-state index contributed by atoms with van der Waals surface area (Å²) in [5.41, 5.74) is 0.172. The van der Waals surface area contributed by atoms with Crippen molar-refractivity contribution >= 4 is 44.0 Å². The standard InChI is InChI=1S/C18H15FN4O4S2/c19-15-4-2-1-3-14(15)17(25)21-11-16(24)22-12-5-7-13(8-6-12)29(26,27)23-18-20-9-10-28-18/h1-10H,11H2,(H,20,23)(H,21,25)(H,22,24). The van der Waals surface area contributed by atoms with Crippen LogP contribution in [-0.2, 0) is 14.8 Å². The predicted molar refractivity (Wildman–Crippen MR) is 107 cm³/mol. The average Bonchev–Trinajstić information content (AvgIpc) is 3.19. The number of nitrogens with one attached hydrogen (secondary N) is 3. The van der Waals surface area contributed by atoms with Gasteiger partial charge in [-0.3, -0.25) is 14.3 Å². The van der Waals surface area contributed by atoms with Crippen molar-refractivity contribution in [1.82, 2.24) is 10.3 Å². The third kappa shape index (κ3) is 5.36. The molecule has 0 saturated carbocycles. The van der Waals surface area contributed by atoms with Gasteiger partial charge in [-0.15, -0.1) is 11.3 Å². The molecule has 0 aliphatic carbocycles. The van der Waals surface area contributed by atoms with Crippen LogP contribution in [0.4, 0.5) is 15.2 Å². The van der Waals surface area contributed by atoms with Gasteiger partial charge in [-0.1, -0.05) is 12.1 Å². The summed E-state index contributed by atoms with van der Waals surface area (Å²) in [5, 5.41) is 6.72. The molecule has 11 heteroatoms. The molecule has 0 unspecified atom stereocenters. The fourth-order valence-electron chi connectivity index (χ4n) is 2.27. The Kier molecular flexibility index (Phi) is 6.20. The summed E-state index contributed by atoms with van der Waals surface area (Å²) in [7, 11) is -3.79. The Balaban J connectivity index is 1.56. The second kappa shape index (κ2) is 8.80. The fourth-order valence-corrected chi connectivity index (χ4v) is 4.06. The van der Waals surface area contributed by atoms with Gasteiger partial charge in [0, 0.05) is 17.3 Å². The van der Waals surface area contributed by atoms with Gasteiger partial charge in [0.15, 0.2) is 5.13 Å². The van der Waals surface area contributed by atoms with Gasteiger partial charge < -0.3 is 10.6 Å². The lowest BCUT2D eigenvalue weighted by atomic mass is 10.2. The molecule has 2 aromatic carbocycles. The number of carbonyl (C=O) groups excluding carboxylic acids is 2. The molecule has 0 aliphatic heterocycles. The van der Waals surface area contributed by atoms with E-state index in [-0.39, 0.29) is 22.1 Å². The van der Waals surface area contributed by atoms with Crippen LogP contribution in [0, 0.1) is 5.82 Å². The van der Waals surface area contributed by atoms with Gasteiger partial charge in [0.05, 0.1) is 17.0 Å². The second-order valence-electron chi connectivity index (χ2n) is 5.68. The number of sulfonamides is 1. The van der Waals surface area contributed by atoms with E-state index >= 15 is 0 Å². The molecule has 0 fully saturated rings. The first-order valence-corrected chi connectivity index (χ1v) is 10.6. The summed E-state index contributed by atoms with van der Waals surface area (Å²) in [5.74, 6) is -1.95. The number of hydrogen-bond acceptors (Lipinski definition) is 6. The van der Waals surface area contributed by atoms with Crippen LogP contribution in [0.5, 0.6) is 0 Å². The van der Waals surface area contributed by atoms with Crippen LogP contribution in [0.15, 0.2) is 65.0 Å². The Morgan fingerprint density at radius 2 is 1.79 bits per heavy atom. The van der Waals surface area contributed by atoms with E-state index in [2.05, 4.69) is 20.3 Å². The Labute approximate surface area is 169 Å². The number of nitrogens with zero attached hydrogens (tertiary/aromatic N) is 1. The molecule has 0 spiro atoms. The van der Waals surface area contributed by atoms with Crippen molar-refractivity contribution in [3.8, 4) is 0 Å². The van der Waals surface area contributed by atoms with Gasteiger partial charge in [0.25, 0.3) is 15.9 Å². The second-order valence-corrected chi connectivity index (χ2v) is 8.25. The SMILES string of the molecule is O=C(CNC(=O)c1ccccc1F)Nc1ccc(S(=O)(=O)Nc2nccs2)cc1. The van der Waals surface area contributed by atoms with E-state index < -0.39 is 27.7 Å². The molecule has 8 nitrogen and oxygen atoms in total. The van der Waals surface area contributed by atoms with E-state index in [1.165, 1.54) is 48.7 Å². The first-order chi connectivity index (χ1) is 13.8. The lowest BCUT2D eigenvalue weighted by Crippen LogP contribution is -2.33. The molecule has 3 aromatic rings.